The maximum atomic E-state index is 11.7. The number of nitrogens with one attached hydrogen (secondary N) is 2. The Bertz CT molecular complexity index is 453. The van der Waals surface area contributed by atoms with Gasteiger partial charge in [0, 0.05) is 20.1 Å². The number of ether oxygens (including phenoxy) is 1. The lowest BCUT2D eigenvalue weighted by molar-refractivity contribution is -0.119. The second kappa shape index (κ2) is 8.99. The monoisotopic (exact) mass is 295 g/mol. The molecule has 7 heteroatoms. The molecule has 0 radical (unpaired) electrons. The zero-order valence-corrected chi connectivity index (χ0v) is 13.3. The van der Waals surface area contributed by atoms with Gasteiger partial charge in [-0.2, -0.15) is 0 Å². The van der Waals surface area contributed by atoms with E-state index in [0.717, 1.165) is 19.4 Å². The minimum atomic E-state index is -0.0628. The molecule has 1 amide bonds. The van der Waals surface area contributed by atoms with E-state index in [1.807, 2.05) is 4.90 Å². The van der Waals surface area contributed by atoms with E-state index in [0.29, 0.717) is 23.9 Å². The summed E-state index contributed by atoms with van der Waals surface area (Å²) in [6.45, 7) is 5.90. The molecule has 1 aromatic rings. The van der Waals surface area contributed by atoms with Gasteiger partial charge in [0.05, 0.1) is 13.7 Å². The van der Waals surface area contributed by atoms with Crippen LogP contribution in [0.3, 0.4) is 0 Å². The third-order valence-electron chi connectivity index (χ3n) is 2.94. The van der Waals surface area contributed by atoms with Crippen molar-refractivity contribution in [1.29, 1.82) is 0 Å². The molecule has 7 nitrogen and oxygen atoms in total. The van der Waals surface area contributed by atoms with E-state index in [9.17, 15) is 4.79 Å². The molecule has 2 N–H and O–H groups in total. The molecule has 0 saturated heterocycles. The number of carbonyl (C=O) groups is 1. The van der Waals surface area contributed by atoms with Crippen LogP contribution in [0.2, 0.25) is 0 Å². The molecule has 0 aromatic carbocycles. The zero-order chi connectivity index (χ0) is 15.7. The van der Waals surface area contributed by atoms with Crippen LogP contribution in [-0.4, -0.2) is 49.7 Å². The SMILES string of the molecule is CCCNc1ncnc(N(CCC)CC(=O)NC)c1OC. The summed E-state index contributed by atoms with van der Waals surface area (Å²) < 4.78 is 5.46. The molecule has 0 atom stereocenters. The van der Waals surface area contributed by atoms with Gasteiger partial charge in [0.25, 0.3) is 0 Å². The molecule has 21 heavy (non-hydrogen) atoms. The molecular formula is C14H25N5O2. The number of aromatic nitrogens is 2. The minimum absolute atomic E-state index is 0.0628. The number of carbonyl (C=O) groups excluding carboxylic acids is 1. The van der Waals surface area contributed by atoms with Crippen molar-refractivity contribution in [3.63, 3.8) is 0 Å². The molecule has 0 unspecified atom stereocenters. The van der Waals surface area contributed by atoms with Gasteiger partial charge in [-0.05, 0) is 12.8 Å². The summed E-state index contributed by atoms with van der Waals surface area (Å²) in [5.74, 6) is 1.80. The molecular weight excluding hydrogens is 270 g/mol. The number of nitrogens with zero attached hydrogens (tertiary/aromatic N) is 3. The van der Waals surface area contributed by atoms with Crippen molar-refractivity contribution in [2.75, 3.05) is 44.0 Å². The molecule has 0 aliphatic heterocycles. The Morgan fingerprint density at radius 3 is 2.67 bits per heavy atom. The van der Waals surface area contributed by atoms with E-state index >= 15 is 0 Å². The maximum absolute atomic E-state index is 11.7. The van der Waals surface area contributed by atoms with Gasteiger partial charge in [-0.25, -0.2) is 9.97 Å². The number of likely N-dealkylation sites (N-methyl/N-ethyl adjacent to an activating group) is 1. The highest BCUT2D eigenvalue weighted by molar-refractivity contribution is 5.81. The van der Waals surface area contributed by atoms with Crippen molar-refractivity contribution in [1.82, 2.24) is 15.3 Å². The summed E-state index contributed by atoms with van der Waals surface area (Å²) in [4.78, 5) is 22.1. The fourth-order valence-corrected chi connectivity index (χ4v) is 1.93. The number of anilines is 2. The molecule has 118 valence electrons. The van der Waals surface area contributed by atoms with E-state index in [4.69, 9.17) is 4.74 Å². The van der Waals surface area contributed by atoms with Crippen molar-refractivity contribution in [2.45, 2.75) is 26.7 Å². The number of methoxy groups -OCH3 is 1. The Hall–Kier alpha value is -2.05. The van der Waals surface area contributed by atoms with Crippen LogP contribution in [0.4, 0.5) is 11.6 Å². The van der Waals surface area contributed by atoms with Gasteiger partial charge in [-0.3, -0.25) is 4.79 Å². The van der Waals surface area contributed by atoms with Crippen molar-refractivity contribution in [2.24, 2.45) is 0 Å². The van der Waals surface area contributed by atoms with E-state index in [-0.39, 0.29) is 12.5 Å². The fraction of sp³-hybridized carbons (Fsp3) is 0.643. The third kappa shape index (κ3) is 4.77. The normalized spacial score (nSPS) is 10.1. The predicted molar refractivity (Wildman–Crippen MR) is 83.9 cm³/mol. The van der Waals surface area contributed by atoms with Gasteiger partial charge in [-0.15, -0.1) is 0 Å². The van der Waals surface area contributed by atoms with Crippen LogP contribution in [0.25, 0.3) is 0 Å². The van der Waals surface area contributed by atoms with Gasteiger partial charge in [0.1, 0.15) is 6.33 Å². The molecule has 0 fully saturated rings. The standard InChI is InChI=1S/C14H25N5O2/c1-5-7-16-13-12(21-4)14(18-10-17-13)19(8-6-2)9-11(20)15-3/h10H,5-9H2,1-4H3,(H,15,20)(H,16,17,18). The summed E-state index contributed by atoms with van der Waals surface area (Å²) in [5.41, 5.74) is 0. The average molecular weight is 295 g/mol. The van der Waals surface area contributed by atoms with E-state index < -0.39 is 0 Å². The summed E-state index contributed by atoms with van der Waals surface area (Å²) in [5, 5.41) is 5.84. The molecule has 1 rings (SSSR count). The smallest absolute Gasteiger partial charge is 0.239 e. The molecule has 1 heterocycles. The molecule has 0 bridgehead atoms. The van der Waals surface area contributed by atoms with Crippen LogP contribution in [-0.2, 0) is 4.79 Å². The summed E-state index contributed by atoms with van der Waals surface area (Å²) in [6, 6.07) is 0. The Kier molecular flexibility index (Phi) is 7.28. The Morgan fingerprint density at radius 2 is 2.10 bits per heavy atom. The van der Waals surface area contributed by atoms with Crippen LogP contribution >= 0.6 is 0 Å². The third-order valence-corrected chi connectivity index (χ3v) is 2.94. The molecule has 0 saturated carbocycles. The topological polar surface area (TPSA) is 79.4 Å². The van der Waals surface area contributed by atoms with Crippen molar-refractivity contribution >= 4 is 17.5 Å². The first-order valence-corrected chi connectivity index (χ1v) is 7.26. The highest BCUT2D eigenvalue weighted by atomic mass is 16.5. The highest BCUT2D eigenvalue weighted by Crippen LogP contribution is 2.31. The quantitative estimate of drug-likeness (QED) is 0.714. The number of amides is 1. The fourth-order valence-electron chi connectivity index (χ4n) is 1.93. The first kappa shape index (κ1) is 17.0. The molecule has 1 aromatic heterocycles. The van der Waals surface area contributed by atoms with Crippen LogP contribution < -0.4 is 20.3 Å². The molecule has 0 spiro atoms. The lowest BCUT2D eigenvalue weighted by Crippen LogP contribution is -2.37. The van der Waals surface area contributed by atoms with Crippen LogP contribution in [0.1, 0.15) is 26.7 Å². The predicted octanol–water partition coefficient (Wildman–Crippen LogP) is 1.27. The van der Waals surface area contributed by atoms with Crippen molar-refractivity contribution in [3.8, 4) is 5.75 Å². The van der Waals surface area contributed by atoms with Gasteiger partial charge < -0.3 is 20.3 Å². The minimum Gasteiger partial charge on any atom is -0.490 e. The van der Waals surface area contributed by atoms with Crippen molar-refractivity contribution in [3.05, 3.63) is 6.33 Å². The first-order chi connectivity index (χ1) is 10.2. The van der Waals surface area contributed by atoms with E-state index in [1.54, 1.807) is 14.2 Å². The maximum Gasteiger partial charge on any atom is 0.239 e. The zero-order valence-electron chi connectivity index (χ0n) is 13.3. The summed E-state index contributed by atoms with van der Waals surface area (Å²) in [6.07, 6.45) is 3.38. The lowest BCUT2D eigenvalue weighted by Gasteiger charge is -2.24. The summed E-state index contributed by atoms with van der Waals surface area (Å²) >= 11 is 0. The lowest BCUT2D eigenvalue weighted by atomic mass is 10.3. The van der Waals surface area contributed by atoms with Crippen LogP contribution in [0.5, 0.6) is 5.75 Å². The van der Waals surface area contributed by atoms with Gasteiger partial charge >= 0.3 is 0 Å². The molecule has 0 aliphatic carbocycles. The largest absolute Gasteiger partial charge is 0.490 e. The van der Waals surface area contributed by atoms with Gasteiger partial charge in [0.15, 0.2) is 11.6 Å². The van der Waals surface area contributed by atoms with Gasteiger partial charge in [-0.1, -0.05) is 13.8 Å². The second-order valence-corrected chi connectivity index (χ2v) is 4.60. The first-order valence-electron chi connectivity index (χ1n) is 7.26. The van der Waals surface area contributed by atoms with Crippen LogP contribution in [0.15, 0.2) is 6.33 Å². The summed E-state index contributed by atoms with van der Waals surface area (Å²) in [7, 11) is 3.21. The number of rotatable bonds is 9. The Morgan fingerprint density at radius 1 is 1.33 bits per heavy atom. The Balaban J connectivity index is 3.08. The highest BCUT2D eigenvalue weighted by Gasteiger charge is 2.19. The van der Waals surface area contributed by atoms with Gasteiger partial charge in [0.2, 0.25) is 11.7 Å². The molecule has 0 aliphatic rings. The average Bonchev–Trinajstić information content (AvgIpc) is 2.51. The number of hydrogen-bond acceptors (Lipinski definition) is 6. The van der Waals surface area contributed by atoms with Crippen LogP contribution in [0, 0.1) is 0 Å². The van der Waals surface area contributed by atoms with Crippen molar-refractivity contribution < 1.29 is 9.53 Å². The second-order valence-electron chi connectivity index (χ2n) is 4.60. The number of hydrogen-bond donors (Lipinski definition) is 2. The Labute approximate surface area is 126 Å². The van der Waals surface area contributed by atoms with E-state index in [2.05, 4.69) is 34.4 Å². The van der Waals surface area contributed by atoms with E-state index in [1.165, 1.54) is 6.33 Å².